The van der Waals surface area contributed by atoms with Crippen molar-refractivity contribution in [3.05, 3.63) is 11.6 Å². The third kappa shape index (κ3) is 2.49. The largest absolute Gasteiger partial charge is 0.382 e. The summed E-state index contributed by atoms with van der Waals surface area (Å²) >= 11 is 0. The minimum atomic E-state index is -1.12. The fourth-order valence-electron chi connectivity index (χ4n) is 7.15. The lowest BCUT2D eigenvalue weighted by atomic mass is 9.46. The number of rotatable bonds is 1. The Morgan fingerprint density at radius 1 is 1.04 bits per heavy atom. The zero-order chi connectivity index (χ0) is 19.3. The van der Waals surface area contributed by atoms with Crippen LogP contribution in [-0.2, 0) is 9.59 Å². The van der Waals surface area contributed by atoms with E-state index < -0.39 is 5.60 Å². The average molecular weight is 361 g/mol. The second kappa shape index (κ2) is 6.58. The summed E-state index contributed by atoms with van der Waals surface area (Å²) in [7, 11) is 0. The van der Waals surface area contributed by atoms with Crippen LogP contribution in [0.2, 0.25) is 0 Å². The molecule has 4 aliphatic rings. The second-order valence-electron chi connectivity index (χ2n) is 9.38. The van der Waals surface area contributed by atoms with Gasteiger partial charge < -0.3 is 5.11 Å². The van der Waals surface area contributed by atoms with Crippen LogP contribution in [0.1, 0.15) is 86.0 Å². The Labute approximate surface area is 158 Å². The Balaban J connectivity index is 0.000000948. The maximum Gasteiger partial charge on any atom is 0.161 e. The van der Waals surface area contributed by atoms with Gasteiger partial charge in [0.1, 0.15) is 5.60 Å². The van der Waals surface area contributed by atoms with E-state index in [9.17, 15) is 14.7 Å². The van der Waals surface area contributed by atoms with E-state index in [2.05, 4.69) is 13.8 Å². The van der Waals surface area contributed by atoms with Gasteiger partial charge in [-0.1, -0.05) is 33.3 Å². The van der Waals surface area contributed by atoms with Gasteiger partial charge in [0.25, 0.3) is 0 Å². The van der Waals surface area contributed by atoms with E-state index in [1.54, 1.807) is 6.92 Å². The first-order valence-corrected chi connectivity index (χ1v) is 10.7. The van der Waals surface area contributed by atoms with E-state index in [-0.39, 0.29) is 16.6 Å². The number of carbonyl (C=O) groups excluding carboxylic acids is 2. The summed E-state index contributed by atoms with van der Waals surface area (Å²) in [5.41, 5.74) is 0.155. The number of Topliss-reactive ketones (excluding diaryl/α,β-unsaturated/α-hetero) is 1. The molecule has 0 heterocycles. The average Bonchev–Trinajstić information content (AvgIpc) is 2.90. The summed E-state index contributed by atoms with van der Waals surface area (Å²) in [5.74, 6) is 1.90. The second-order valence-corrected chi connectivity index (χ2v) is 9.38. The number of hydrogen-bond donors (Lipinski definition) is 1. The fraction of sp³-hybridized carbons (Fsp3) is 0.826. The maximum absolute atomic E-state index is 12.2. The zero-order valence-corrected chi connectivity index (χ0v) is 17.2. The van der Waals surface area contributed by atoms with Gasteiger partial charge in [0.05, 0.1) is 0 Å². The molecule has 6 unspecified atom stereocenters. The van der Waals surface area contributed by atoms with Crippen LogP contribution in [0.15, 0.2) is 11.6 Å². The molecular weight excluding hydrogens is 324 g/mol. The summed E-state index contributed by atoms with van der Waals surface area (Å²) in [6.45, 7) is 10.1. The summed E-state index contributed by atoms with van der Waals surface area (Å²) in [6.07, 6.45) is 9.37. The Morgan fingerprint density at radius 3 is 2.35 bits per heavy atom. The number of ketones is 2. The van der Waals surface area contributed by atoms with Crippen LogP contribution >= 0.6 is 0 Å². The quantitative estimate of drug-likeness (QED) is 0.726. The highest BCUT2D eigenvalue weighted by Gasteiger charge is 2.65. The molecule has 0 saturated heterocycles. The molecule has 0 amide bonds. The van der Waals surface area contributed by atoms with Gasteiger partial charge in [-0.15, -0.1) is 0 Å². The lowest BCUT2D eigenvalue weighted by Crippen LogP contribution is -2.57. The predicted octanol–water partition coefficient (Wildman–Crippen LogP) is 4.86. The van der Waals surface area contributed by atoms with Gasteiger partial charge in [-0.3, -0.25) is 9.59 Å². The SMILES string of the molecule is CC.CC(=O)C1(O)CCC2C3CCC4=CC(=O)CCC4(C)C3CCC21C. The van der Waals surface area contributed by atoms with Crippen molar-refractivity contribution in [3.8, 4) is 0 Å². The highest BCUT2D eigenvalue weighted by Crippen LogP contribution is 2.67. The predicted molar refractivity (Wildman–Crippen MR) is 104 cm³/mol. The van der Waals surface area contributed by atoms with Crippen molar-refractivity contribution >= 4 is 11.6 Å². The minimum absolute atomic E-state index is 0.0446. The van der Waals surface area contributed by atoms with Crippen molar-refractivity contribution in [2.45, 2.75) is 91.6 Å². The van der Waals surface area contributed by atoms with Crippen molar-refractivity contribution in [3.63, 3.8) is 0 Å². The molecule has 4 aliphatic carbocycles. The molecule has 0 radical (unpaired) electrons. The Bertz CT molecular complexity index is 635. The van der Waals surface area contributed by atoms with Gasteiger partial charge in [-0.05, 0) is 81.1 Å². The van der Waals surface area contributed by atoms with Gasteiger partial charge in [-0.2, -0.15) is 0 Å². The smallest absolute Gasteiger partial charge is 0.161 e. The molecule has 3 heteroatoms. The lowest BCUT2D eigenvalue weighted by Gasteiger charge is -2.58. The number of aliphatic hydroxyl groups is 1. The highest BCUT2D eigenvalue weighted by molar-refractivity contribution is 5.91. The first-order valence-electron chi connectivity index (χ1n) is 10.7. The molecule has 0 aliphatic heterocycles. The number of carbonyl (C=O) groups is 2. The van der Waals surface area contributed by atoms with E-state index in [1.807, 2.05) is 19.9 Å². The molecule has 6 atom stereocenters. The maximum atomic E-state index is 12.2. The third-order valence-electron chi connectivity index (χ3n) is 8.70. The minimum Gasteiger partial charge on any atom is -0.382 e. The van der Waals surface area contributed by atoms with Gasteiger partial charge in [0.2, 0.25) is 0 Å². The van der Waals surface area contributed by atoms with Gasteiger partial charge in [0.15, 0.2) is 11.6 Å². The van der Waals surface area contributed by atoms with E-state index >= 15 is 0 Å². The summed E-state index contributed by atoms with van der Waals surface area (Å²) in [4.78, 5) is 24.1. The van der Waals surface area contributed by atoms with E-state index in [1.165, 1.54) is 5.57 Å². The van der Waals surface area contributed by atoms with Crippen LogP contribution in [0.25, 0.3) is 0 Å². The molecule has 0 bridgehead atoms. The van der Waals surface area contributed by atoms with E-state index in [0.29, 0.717) is 36.4 Å². The molecule has 0 aromatic carbocycles. The highest BCUT2D eigenvalue weighted by atomic mass is 16.3. The summed E-state index contributed by atoms with van der Waals surface area (Å²) in [6, 6.07) is 0. The molecule has 0 aromatic heterocycles. The molecular formula is C23H36O3. The standard InChI is InChI=1S/C21H30O3.C2H6/c1-13(22)21(24)11-8-18-16-5-4-14-12-15(23)6-9-19(14,2)17(16)7-10-20(18,21)3;1-2/h12,16-18,24H,4-11H2,1-3H3;1-2H3. The molecule has 4 rings (SSSR count). The summed E-state index contributed by atoms with van der Waals surface area (Å²) in [5, 5.41) is 11.1. The molecule has 3 fully saturated rings. The van der Waals surface area contributed by atoms with E-state index in [4.69, 9.17) is 0 Å². The van der Waals surface area contributed by atoms with Crippen molar-refractivity contribution in [2.75, 3.05) is 0 Å². The third-order valence-corrected chi connectivity index (χ3v) is 8.70. The summed E-state index contributed by atoms with van der Waals surface area (Å²) < 4.78 is 0. The first-order chi connectivity index (χ1) is 12.2. The molecule has 146 valence electrons. The van der Waals surface area contributed by atoms with Crippen molar-refractivity contribution in [1.82, 2.24) is 0 Å². The molecule has 0 spiro atoms. The van der Waals surface area contributed by atoms with Crippen LogP contribution in [0.5, 0.6) is 0 Å². The number of hydrogen-bond acceptors (Lipinski definition) is 3. The number of fused-ring (bicyclic) bond motifs is 5. The van der Waals surface area contributed by atoms with E-state index in [0.717, 1.165) is 38.5 Å². The van der Waals surface area contributed by atoms with Crippen LogP contribution in [0, 0.1) is 28.6 Å². The molecule has 0 aromatic rings. The first kappa shape index (κ1) is 19.8. The lowest BCUT2D eigenvalue weighted by molar-refractivity contribution is -0.160. The zero-order valence-electron chi connectivity index (χ0n) is 17.2. The topological polar surface area (TPSA) is 54.4 Å². The van der Waals surface area contributed by atoms with Crippen LogP contribution in [0.3, 0.4) is 0 Å². The molecule has 3 nitrogen and oxygen atoms in total. The van der Waals surface area contributed by atoms with Crippen molar-refractivity contribution in [1.29, 1.82) is 0 Å². The van der Waals surface area contributed by atoms with Crippen LogP contribution < -0.4 is 0 Å². The van der Waals surface area contributed by atoms with Gasteiger partial charge in [0, 0.05) is 11.8 Å². The fourth-order valence-corrected chi connectivity index (χ4v) is 7.15. The molecule has 1 N–H and O–H groups in total. The normalized spacial score (nSPS) is 46.9. The van der Waals surface area contributed by atoms with Crippen molar-refractivity contribution < 1.29 is 14.7 Å². The van der Waals surface area contributed by atoms with Crippen LogP contribution in [0.4, 0.5) is 0 Å². The molecule has 3 saturated carbocycles. The Hall–Kier alpha value is -0.960. The monoisotopic (exact) mass is 360 g/mol. The Kier molecular flexibility index (Phi) is 5.01. The van der Waals surface area contributed by atoms with Crippen molar-refractivity contribution in [2.24, 2.45) is 28.6 Å². The molecule has 26 heavy (non-hydrogen) atoms. The van der Waals surface area contributed by atoms with Gasteiger partial charge in [-0.25, -0.2) is 0 Å². The Morgan fingerprint density at radius 2 is 1.69 bits per heavy atom. The number of allylic oxidation sites excluding steroid dienone is 1. The van der Waals surface area contributed by atoms with Gasteiger partial charge >= 0.3 is 0 Å². The van der Waals surface area contributed by atoms with Crippen LogP contribution in [-0.4, -0.2) is 22.3 Å².